The molecule has 0 aliphatic carbocycles. The molecule has 6 heteroatoms. The van der Waals surface area contributed by atoms with Crippen LogP contribution in [0.2, 0.25) is 0 Å². The fourth-order valence-electron chi connectivity index (χ4n) is 1.84. The molecule has 0 unspecified atom stereocenters. The van der Waals surface area contributed by atoms with Gasteiger partial charge in [-0.05, 0) is 46.1 Å². The maximum Gasteiger partial charge on any atom is 0.269 e. The third-order valence-electron chi connectivity index (χ3n) is 2.98. The third kappa shape index (κ3) is 4.02. The highest BCUT2D eigenvalue weighted by molar-refractivity contribution is 9.12. The average Bonchev–Trinajstić information content (AvgIpc) is 2.50. The molecule has 0 saturated carbocycles. The smallest absolute Gasteiger partial charge is 0.269 e. The molecule has 0 heterocycles. The number of nitrogens with one attached hydrogen (secondary N) is 1. The van der Waals surface area contributed by atoms with E-state index in [2.05, 4.69) is 21.2 Å². The molecule has 0 aliphatic heterocycles. The van der Waals surface area contributed by atoms with E-state index in [-0.39, 0.29) is 11.6 Å². The van der Waals surface area contributed by atoms with Gasteiger partial charge in [-0.1, -0.05) is 30.3 Å². The van der Waals surface area contributed by atoms with E-state index in [1.165, 1.54) is 18.2 Å². The Morgan fingerprint density at radius 1 is 1.23 bits per heavy atom. The molecule has 1 N–H and O–H groups in total. The zero-order valence-corrected chi connectivity index (χ0v) is 13.3. The first kappa shape index (κ1) is 15.9. The Hall–Kier alpha value is -2.47. The first-order valence-electron chi connectivity index (χ1n) is 6.46. The second-order valence-corrected chi connectivity index (χ2v) is 5.47. The highest BCUT2D eigenvalue weighted by Gasteiger charge is 2.12. The lowest BCUT2D eigenvalue weighted by atomic mass is 10.1. The lowest BCUT2D eigenvalue weighted by Crippen LogP contribution is -2.12. The summed E-state index contributed by atoms with van der Waals surface area (Å²) in [5.74, 6) is -0.319. The Morgan fingerprint density at radius 3 is 2.50 bits per heavy atom. The molecule has 2 aromatic carbocycles. The number of nitro groups is 1. The largest absolute Gasteiger partial charge is 0.321 e. The Kier molecular flexibility index (Phi) is 5.06. The van der Waals surface area contributed by atoms with E-state index in [1.54, 1.807) is 13.0 Å². The normalized spacial score (nSPS) is 11.1. The molecule has 0 saturated heterocycles. The molecular formula is C16H13BrN2O3. The molecule has 0 aliphatic rings. The molecular weight excluding hydrogens is 348 g/mol. The van der Waals surface area contributed by atoms with E-state index in [9.17, 15) is 14.9 Å². The fourth-order valence-corrected chi connectivity index (χ4v) is 2.21. The number of hydrogen-bond donors (Lipinski definition) is 1. The number of nitrogens with zero attached hydrogens (tertiary/aromatic N) is 1. The van der Waals surface area contributed by atoms with Crippen molar-refractivity contribution < 1.29 is 9.72 Å². The molecule has 0 aromatic heterocycles. The van der Waals surface area contributed by atoms with Crippen LogP contribution in [0.15, 0.2) is 53.0 Å². The number of carbonyl (C=O) groups is 1. The summed E-state index contributed by atoms with van der Waals surface area (Å²) in [5.41, 5.74) is 2.05. The lowest BCUT2D eigenvalue weighted by molar-refractivity contribution is -0.384. The van der Waals surface area contributed by atoms with Gasteiger partial charge in [0, 0.05) is 17.8 Å². The number of anilines is 1. The van der Waals surface area contributed by atoms with Crippen molar-refractivity contribution in [2.75, 3.05) is 5.32 Å². The zero-order chi connectivity index (χ0) is 16.1. The maximum absolute atomic E-state index is 12.1. The quantitative estimate of drug-likeness (QED) is 0.502. The fraction of sp³-hybridized carbons (Fsp3) is 0.0625. The van der Waals surface area contributed by atoms with Crippen molar-refractivity contribution in [3.63, 3.8) is 0 Å². The Balaban J connectivity index is 2.15. The molecule has 2 aromatic rings. The molecule has 112 valence electrons. The van der Waals surface area contributed by atoms with Crippen LogP contribution in [-0.2, 0) is 4.79 Å². The van der Waals surface area contributed by atoms with Crippen molar-refractivity contribution in [2.24, 2.45) is 0 Å². The molecule has 0 spiro atoms. The van der Waals surface area contributed by atoms with Crippen LogP contribution in [0.1, 0.15) is 11.1 Å². The van der Waals surface area contributed by atoms with Gasteiger partial charge < -0.3 is 5.32 Å². The standard InChI is InChI=1S/C16H13BrN2O3/c1-11-9-13(19(21)22)7-8-15(11)18-16(20)14(17)10-12-5-3-2-4-6-12/h2-10H,1H3,(H,18,20)/b14-10-. The molecule has 0 radical (unpaired) electrons. The number of rotatable bonds is 4. The van der Waals surface area contributed by atoms with Crippen molar-refractivity contribution in [3.8, 4) is 0 Å². The van der Waals surface area contributed by atoms with Crippen LogP contribution in [-0.4, -0.2) is 10.8 Å². The van der Waals surface area contributed by atoms with Gasteiger partial charge in [-0.3, -0.25) is 14.9 Å². The van der Waals surface area contributed by atoms with Crippen molar-refractivity contribution >= 4 is 39.3 Å². The Labute approximate surface area is 135 Å². The van der Waals surface area contributed by atoms with Gasteiger partial charge in [0.25, 0.3) is 11.6 Å². The van der Waals surface area contributed by atoms with Gasteiger partial charge in [0.2, 0.25) is 0 Å². The number of benzene rings is 2. The van der Waals surface area contributed by atoms with E-state index in [0.29, 0.717) is 15.7 Å². The second kappa shape index (κ2) is 7.00. The van der Waals surface area contributed by atoms with Gasteiger partial charge in [-0.15, -0.1) is 0 Å². The Bertz CT molecular complexity index is 742. The summed E-state index contributed by atoms with van der Waals surface area (Å²) < 4.78 is 0.372. The van der Waals surface area contributed by atoms with Crippen LogP contribution in [0.4, 0.5) is 11.4 Å². The van der Waals surface area contributed by atoms with E-state index in [4.69, 9.17) is 0 Å². The average molecular weight is 361 g/mol. The molecule has 5 nitrogen and oxygen atoms in total. The van der Waals surface area contributed by atoms with Crippen molar-refractivity contribution in [1.82, 2.24) is 0 Å². The summed E-state index contributed by atoms with van der Waals surface area (Å²) in [4.78, 5) is 22.4. The summed E-state index contributed by atoms with van der Waals surface area (Å²) in [5, 5.41) is 13.4. The number of hydrogen-bond acceptors (Lipinski definition) is 3. The second-order valence-electron chi connectivity index (χ2n) is 4.61. The van der Waals surface area contributed by atoms with Crippen LogP contribution < -0.4 is 5.32 Å². The topological polar surface area (TPSA) is 72.2 Å². The molecule has 0 bridgehead atoms. The first-order chi connectivity index (χ1) is 10.5. The predicted octanol–water partition coefficient (Wildman–Crippen LogP) is 4.28. The minimum Gasteiger partial charge on any atom is -0.321 e. The van der Waals surface area contributed by atoms with Crippen molar-refractivity contribution in [3.05, 3.63) is 74.3 Å². The van der Waals surface area contributed by atoms with Crippen LogP contribution in [0.5, 0.6) is 0 Å². The number of amides is 1. The van der Waals surface area contributed by atoms with Crippen LogP contribution in [0.25, 0.3) is 6.08 Å². The van der Waals surface area contributed by atoms with Crippen LogP contribution in [0.3, 0.4) is 0 Å². The van der Waals surface area contributed by atoms with Crippen molar-refractivity contribution in [1.29, 1.82) is 0 Å². The van der Waals surface area contributed by atoms with Gasteiger partial charge >= 0.3 is 0 Å². The number of nitro benzene ring substituents is 1. The number of halogens is 1. The molecule has 0 fully saturated rings. The third-order valence-corrected chi connectivity index (χ3v) is 3.57. The number of aryl methyl sites for hydroxylation is 1. The van der Waals surface area contributed by atoms with Gasteiger partial charge in [0.05, 0.1) is 9.41 Å². The highest BCUT2D eigenvalue weighted by Crippen LogP contribution is 2.22. The predicted molar refractivity (Wildman–Crippen MR) is 89.8 cm³/mol. The molecule has 1 amide bonds. The van der Waals surface area contributed by atoms with E-state index in [0.717, 1.165) is 5.56 Å². The minimum atomic E-state index is -0.468. The minimum absolute atomic E-state index is 0.00519. The number of non-ortho nitro benzene ring substituents is 1. The zero-order valence-electron chi connectivity index (χ0n) is 11.7. The monoisotopic (exact) mass is 360 g/mol. The van der Waals surface area contributed by atoms with Gasteiger partial charge in [0.15, 0.2) is 0 Å². The summed E-state index contributed by atoms with van der Waals surface area (Å²) in [6, 6.07) is 13.7. The van der Waals surface area contributed by atoms with E-state index >= 15 is 0 Å². The van der Waals surface area contributed by atoms with Gasteiger partial charge in [0.1, 0.15) is 0 Å². The first-order valence-corrected chi connectivity index (χ1v) is 7.25. The summed E-state index contributed by atoms with van der Waals surface area (Å²) in [7, 11) is 0. The van der Waals surface area contributed by atoms with Gasteiger partial charge in [-0.25, -0.2) is 0 Å². The van der Waals surface area contributed by atoms with Crippen molar-refractivity contribution in [2.45, 2.75) is 6.92 Å². The molecule has 2 rings (SSSR count). The summed E-state index contributed by atoms with van der Waals surface area (Å²) in [6.07, 6.45) is 1.70. The van der Waals surface area contributed by atoms with Crippen LogP contribution >= 0.6 is 15.9 Å². The van der Waals surface area contributed by atoms with E-state index < -0.39 is 4.92 Å². The Morgan fingerprint density at radius 2 is 1.91 bits per heavy atom. The lowest BCUT2D eigenvalue weighted by Gasteiger charge is -2.07. The van der Waals surface area contributed by atoms with Crippen LogP contribution in [0, 0.1) is 17.0 Å². The number of carbonyl (C=O) groups excluding carboxylic acids is 1. The van der Waals surface area contributed by atoms with Gasteiger partial charge in [-0.2, -0.15) is 0 Å². The summed E-state index contributed by atoms with van der Waals surface area (Å²) in [6.45, 7) is 1.71. The van der Waals surface area contributed by atoms with E-state index in [1.807, 2.05) is 30.3 Å². The highest BCUT2D eigenvalue weighted by atomic mass is 79.9. The molecule has 22 heavy (non-hydrogen) atoms. The summed E-state index contributed by atoms with van der Waals surface area (Å²) >= 11 is 3.24. The SMILES string of the molecule is Cc1cc([N+](=O)[O-])ccc1NC(=O)/C(Br)=C/c1ccccc1. The molecule has 0 atom stereocenters. The maximum atomic E-state index is 12.1.